The monoisotopic (exact) mass is 796 g/mol. The summed E-state index contributed by atoms with van der Waals surface area (Å²) in [6.07, 6.45) is 25.7. The lowest BCUT2D eigenvalue weighted by Gasteiger charge is -2.42. The van der Waals surface area contributed by atoms with Crippen LogP contribution in [0.4, 0.5) is 0 Å². The summed E-state index contributed by atoms with van der Waals surface area (Å²) in [5, 5.41) is 22.1. The summed E-state index contributed by atoms with van der Waals surface area (Å²) < 4.78 is 11.6. The third-order valence-corrected chi connectivity index (χ3v) is 13.0. The van der Waals surface area contributed by atoms with Crippen LogP contribution in [-0.2, 0) is 28.7 Å². The van der Waals surface area contributed by atoms with E-state index in [4.69, 9.17) is 9.47 Å². The third kappa shape index (κ3) is 15.8. The van der Waals surface area contributed by atoms with Crippen LogP contribution >= 0.6 is 0 Å². The molecule has 1 saturated carbocycles. The molecule has 3 rings (SSSR count). The van der Waals surface area contributed by atoms with Gasteiger partial charge in [0.1, 0.15) is 11.6 Å². The van der Waals surface area contributed by atoms with Gasteiger partial charge in [-0.2, -0.15) is 0 Å². The van der Waals surface area contributed by atoms with Crippen molar-refractivity contribution in [2.45, 2.75) is 188 Å². The van der Waals surface area contributed by atoms with Crippen LogP contribution in [0.25, 0.3) is 0 Å². The highest BCUT2D eigenvalue weighted by Gasteiger charge is 2.51. The molecule has 0 aromatic heterocycles. The van der Waals surface area contributed by atoms with E-state index in [0.717, 1.165) is 69.8 Å². The van der Waals surface area contributed by atoms with E-state index in [1.807, 2.05) is 65.0 Å². The van der Waals surface area contributed by atoms with Crippen molar-refractivity contribution < 1.29 is 38.9 Å². The zero-order valence-corrected chi connectivity index (χ0v) is 36.7. The Bertz CT molecular complexity index is 1430. The number of Topliss-reactive ketones (excluding diaryl/α,β-unsaturated/α-hetero) is 3. The van der Waals surface area contributed by atoms with Gasteiger partial charge in [0.15, 0.2) is 0 Å². The van der Waals surface area contributed by atoms with Gasteiger partial charge >= 0.3 is 0 Å². The number of hydrogen-bond donors (Lipinski definition) is 2. The first-order valence-corrected chi connectivity index (χ1v) is 22.3. The van der Waals surface area contributed by atoms with E-state index >= 15 is 0 Å². The van der Waals surface area contributed by atoms with Crippen molar-refractivity contribution in [1.82, 2.24) is 4.90 Å². The van der Waals surface area contributed by atoms with Gasteiger partial charge < -0.3 is 24.6 Å². The molecule has 0 bridgehead atoms. The molecule has 3 fully saturated rings. The summed E-state index contributed by atoms with van der Waals surface area (Å²) in [4.78, 5) is 53.7. The fraction of sp³-hybridized carbons (Fsp3) is 0.750. The Hall–Kier alpha value is -2.72. The highest BCUT2D eigenvalue weighted by Crippen LogP contribution is 2.36. The first-order chi connectivity index (χ1) is 27.0. The molecule has 9 nitrogen and oxygen atoms in total. The van der Waals surface area contributed by atoms with E-state index in [1.165, 1.54) is 12.8 Å². The summed E-state index contributed by atoms with van der Waals surface area (Å²) >= 11 is 0. The maximum Gasteiger partial charge on any atom is 0.296 e. The van der Waals surface area contributed by atoms with Crippen molar-refractivity contribution in [3.8, 4) is 0 Å². The molecule has 2 saturated heterocycles. The van der Waals surface area contributed by atoms with E-state index in [-0.39, 0.29) is 47.9 Å². The molecule has 0 spiro atoms. The topological polar surface area (TPSA) is 130 Å². The molecule has 0 radical (unpaired) electrons. The fourth-order valence-electron chi connectivity index (χ4n) is 8.83. The van der Waals surface area contributed by atoms with Gasteiger partial charge in [0, 0.05) is 50.3 Å². The maximum atomic E-state index is 13.3. The zero-order valence-electron chi connectivity index (χ0n) is 36.7. The lowest BCUT2D eigenvalue weighted by molar-refractivity contribution is -0.263. The Morgan fingerprint density at radius 3 is 2.37 bits per heavy atom. The minimum atomic E-state index is -2.09. The van der Waals surface area contributed by atoms with Crippen LogP contribution in [0.3, 0.4) is 0 Å². The van der Waals surface area contributed by atoms with Gasteiger partial charge in [-0.05, 0) is 109 Å². The Kier molecular flexibility index (Phi) is 20.8. The largest absolute Gasteiger partial charge is 0.388 e. The van der Waals surface area contributed by atoms with E-state index in [0.29, 0.717) is 49.8 Å². The van der Waals surface area contributed by atoms with Crippen LogP contribution in [-0.4, -0.2) is 82.2 Å². The summed E-state index contributed by atoms with van der Waals surface area (Å²) in [6.45, 7) is 14.0. The van der Waals surface area contributed by atoms with Gasteiger partial charge in [-0.15, -0.1) is 0 Å². The number of amides is 1. The van der Waals surface area contributed by atoms with Crippen molar-refractivity contribution in [2.24, 2.45) is 29.6 Å². The number of ether oxygens (including phenoxy) is 2. The highest BCUT2D eigenvalue weighted by atomic mass is 16.6. The molecule has 3 aliphatic rings. The van der Waals surface area contributed by atoms with Crippen molar-refractivity contribution in [3.05, 3.63) is 47.6 Å². The van der Waals surface area contributed by atoms with Gasteiger partial charge in [0.2, 0.25) is 5.79 Å². The van der Waals surface area contributed by atoms with Crippen LogP contribution in [0.1, 0.15) is 158 Å². The second-order valence-electron chi connectivity index (χ2n) is 18.0. The van der Waals surface area contributed by atoms with Crippen LogP contribution in [0.2, 0.25) is 0 Å². The fourth-order valence-corrected chi connectivity index (χ4v) is 8.83. The molecule has 322 valence electrons. The summed E-state index contributed by atoms with van der Waals surface area (Å²) in [6, 6.07) is -0.0151. The second kappa shape index (κ2) is 24.4. The molecule has 10 atom stereocenters. The van der Waals surface area contributed by atoms with Gasteiger partial charge in [0.25, 0.3) is 11.7 Å². The van der Waals surface area contributed by atoms with E-state index in [1.54, 1.807) is 18.9 Å². The normalized spacial score (nSPS) is 28.7. The predicted molar refractivity (Wildman–Crippen MR) is 227 cm³/mol. The number of unbranched alkanes of at least 4 members (excludes halogenated alkanes) is 1. The molecule has 2 N–H and O–H groups in total. The molecule has 2 heterocycles. The molecule has 1 aliphatic carbocycles. The lowest BCUT2D eigenvalue weighted by Crippen LogP contribution is -2.59. The molecule has 0 aromatic rings. The van der Waals surface area contributed by atoms with Gasteiger partial charge in [0.05, 0.1) is 18.3 Å². The third-order valence-electron chi connectivity index (χ3n) is 13.0. The van der Waals surface area contributed by atoms with Crippen LogP contribution in [0.5, 0.6) is 0 Å². The number of methoxy groups -OCH3 is 1. The Morgan fingerprint density at radius 1 is 0.895 bits per heavy atom. The van der Waals surface area contributed by atoms with Crippen LogP contribution in [0.15, 0.2) is 47.6 Å². The number of piperidine rings is 1. The number of ketones is 3. The van der Waals surface area contributed by atoms with Crippen molar-refractivity contribution in [2.75, 3.05) is 13.7 Å². The summed E-state index contributed by atoms with van der Waals surface area (Å²) in [5.74, 6) is -3.42. The molecular weight excluding hydrogens is 719 g/mol. The standard InChI is InChI=1S/C48H77NO8/c1-33(24-26-41-27-25-38(6)48(55,57-41)46(53)47(54)49-28-15-14-19-39(49)7)17-10-9-11-18-34(2)29-35(3)44(51)32-45(52)37(5)30-36(4)43(50)23-13-12-20-40-21-16-22-42(31-40)56-8/h9-11,17-18,30,34-36,38-42,45,52,55H,12-16,19-29,31-32H2,1-8H3/b10-9+,18-11+,33-17+,37-30+/t34-,35?,36-,38?,39?,40?,41-,42?,45?,48?/m1/s1. The predicted octanol–water partition coefficient (Wildman–Crippen LogP) is 9.20. The minimum Gasteiger partial charge on any atom is -0.388 e. The van der Waals surface area contributed by atoms with Gasteiger partial charge in [-0.3, -0.25) is 19.2 Å². The smallest absolute Gasteiger partial charge is 0.296 e. The summed E-state index contributed by atoms with van der Waals surface area (Å²) in [5.41, 5.74) is 1.81. The number of aliphatic hydroxyl groups is 2. The average molecular weight is 796 g/mol. The second-order valence-corrected chi connectivity index (χ2v) is 18.0. The Labute approximate surface area is 344 Å². The van der Waals surface area contributed by atoms with Crippen molar-refractivity contribution in [3.63, 3.8) is 0 Å². The Balaban J connectivity index is 1.35. The van der Waals surface area contributed by atoms with E-state index < -0.39 is 29.5 Å². The first kappa shape index (κ1) is 48.6. The van der Waals surface area contributed by atoms with Crippen molar-refractivity contribution in [1.29, 1.82) is 0 Å². The number of aliphatic hydroxyl groups excluding tert-OH is 1. The van der Waals surface area contributed by atoms with Gasteiger partial charge in [-0.1, -0.05) is 95.4 Å². The first-order valence-electron chi connectivity index (χ1n) is 22.3. The zero-order chi connectivity index (χ0) is 42.1. The number of hydrogen-bond acceptors (Lipinski definition) is 8. The average Bonchev–Trinajstić information content (AvgIpc) is 3.19. The molecule has 57 heavy (non-hydrogen) atoms. The molecule has 7 unspecified atom stereocenters. The quantitative estimate of drug-likeness (QED) is 0.0480. The molecule has 1 amide bonds. The number of carbonyl (C=O) groups excluding carboxylic acids is 4. The number of nitrogens with zero attached hydrogens (tertiary/aromatic N) is 1. The number of likely N-dealkylation sites (tertiary alicyclic amines) is 1. The number of carbonyl (C=O) groups is 4. The molecular formula is C48H77NO8. The highest BCUT2D eigenvalue weighted by molar-refractivity contribution is 6.38. The lowest BCUT2D eigenvalue weighted by atomic mass is 9.83. The maximum absolute atomic E-state index is 13.3. The molecule has 2 aliphatic heterocycles. The van der Waals surface area contributed by atoms with E-state index in [2.05, 4.69) is 13.0 Å². The van der Waals surface area contributed by atoms with Crippen molar-refractivity contribution >= 4 is 23.3 Å². The molecule has 9 heteroatoms. The minimum absolute atomic E-state index is 0.0151. The van der Waals surface area contributed by atoms with E-state index in [9.17, 15) is 29.4 Å². The number of rotatable bonds is 22. The van der Waals surface area contributed by atoms with Gasteiger partial charge in [-0.25, -0.2) is 0 Å². The van der Waals surface area contributed by atoms with Crippen LogP contribution < -0.4 is 0 Å². The molecule has 0 aromatic carbocycles. The number of allylic oxidation sites excluding steroid dienone is 7. The van der Waals surface area contributed by atoms with Crippen LogP contribution in [0, 0.1) is 29.6 Å². The summed E-state index contributed by atoms with van der Waals surface area (Å²) in [7, 11) is 1.80. The SMILES string of the molecule is COC1CCCC(CCCCC(=O)[C@H](C)/C=C(\C)C(O)CC(=O)C(C)C[C@H](C)/C=C/C=C/C=C(\C)CC[C@@H]2CCC(C)C(O)(C(=O)C(=O)N3CCCCC3C)O2)C1. The Morgan fingerprint density at radius 2 is 1.65 bits per heavy atom.